The molecule has 0 spiro atoms. The first-order chi connectivity index (χ1) is 11.5. The minimum absolute atomic E-state index is 0.139. The number of hydrogen-bond acceptors (Lipinski definition) is 4. The molecule has 24 heavy (non-hydrogen) atoms. The van der Waals surface area contributed by atoms with Crippen LogP contribution in [0.15, 0.2) is 59.5 Å². The molecule has 0 saturated carbocycles. The second-order valence-corrected chi connectivity index (χ2v) is 7.53. The highest BCUT2D eigenvalue weighted by atomic mass is 32.2. The third-order valence-electron chi connectivity index (χ3n) is 4.18. The first kappa shape index (κ1) is 16.6. The molecule has 126 valence electrons. The van der Waals surface area contributed by atoms with Crippen molar-refractivity contribution in [1.29, 1.82) is 0 Å². The van der Waals surface area contributed by atoms with E-state index < -0.39 is 22.0 Å². The zero-order chi connectivity index (χ0) is 17.2. The Kier molecular flexibility index (Phi) is 4.66. The lowest BCUT2D eigenvalue weighted by Crippen LogP contribution is -2.44. The van der Waals surface area contributed by atoms with Gasteiger partial charge in [-0.2, -0.15) is 4.31 Å². The highest BCUT2D eigenvalue weighted by Gasteiger charge is 2.39. The maximum atomic E-state index is 12.8. The molecule has 1 fully saturated rings. The third kappa shape index (κ3) is 3.06. The van der Waals surface area contributed by atoms with Crippen molar-refractivity contribution < 1.29 is 18.4 Å². The number of carbonyl (C=O) groups is 1. The van der Waals surface area contributed by atoms with Crippen LogP contribution in [0.4, 0.5) is 0 Å². The molecular formula is C17H18N2O4S. The standard InChI is InChI=1S/C17H18N2O4S/c20-17(18-21)16-7-4-12-19(16)24(22,23)15-10-8-14(9-11-15)13-5-2-1-3-6-13/h1-3,5-6,8-11,16,21H,4,7,12H2,(H,18,20)/t16-/m1/s1. The molecule has 1 heterocycles. The Hall–Kier alpha value is -2.22. The summed E-state index contributed by atoms with van der Waals surface area (Å²) in [6.07, 6.45) is 0.979. The molecule has 2 aromatic carbocycles. The van der Waals surface area contributed by atoms with Gasteiger partial charge in [0.2, 0.25) is 10.0 Å². The van der Waals surface area contributed by atoms with E-state index in [1.807, 2.05) is 30.3 Å². The number of nitrogens with zero attached hydrogens (tertiary/aromatic N) is 1. The van der Waals surface area contributed by atoms with Crippen LogP contribution in [0.5, 0.6) is 0 Å². The summed E-state index contributed by atoms with van der Waals surface area (Å²) in [5.74, 6) is -0.697. The summed E-state index contributed by atoms with van der Waals surface area (Å²) in [5.41, 5.74) is 3.46. The lowest BCUT2D eigenvalue weighted by Gasteiger charge is -2.22. The van der Waals surface area contributed by atoms with Gasteiger partial charge in [-0.25, -0.2) is 13.9 Å². The van der Waals surface area contributed by atoms with Crippen LogP contribution in [0.1, 0.15) is 12.8 Å². The molecule has 2 N–H and O–H groups in total. The first-order valence-electron chi connectivity index (χ1n) is 7.65. The van der Waals surface area contributed by atoms with Gasteiger partial charge in [0.15, 0.2) is 0 Å². The highest BCUT2D eigenvalue weighted by Crippen LogP contribution is 2.28. The van der Waals surface area contributed by atoms with E-state index in [0.717, 1.165) is 15.4 Å². The van der Waals surface area contributed by atoms with Crippen molar-refractivity contribution >= 4 is 15.9 Å². The van der Waals surface area contributed by atoms with E-state index >= 15 is 0 Å². The van der Waals surface area contributed by atoms with Crippen LogP contribution < -0.4 is 5.48 Å². The second kappa shape index (κ2) is 6.72. The molecular weight excluding hydrogens is 328 g/mol. The molecule has 0 bridgehead atoms. The Bertz CT molecular complexity index is 819. The van der Waals surface area contributed by atoms with Gasteiger partial charge in [0.25, 0.3) is 5.91 Å². The molecule has 0 aromatic heterocycles. The van der Waals surface area contributed by atoms with E-state index in [2.05, 4.69) is 0 Å². The Morgan fingerprint density at radius 1 is 1.04 bits per heavy atom. The van der Waals surface area contributed by atoms with Crippen LogP contribution in [0, 0.1) is 0 Å². The van der Waals surface area contributed by atoms with E-state index in [9.17, 15) is 13.2 Å². The summed E-state index contributed by atoms with van der Waals surface area (Å²) in [6, 6.07) is 15.4. The Labute approximate surface area is 140 Å². The first-order valence-corrected chi connectivity index (χ1v) is 9.09. The van der Waals surface area contributed by atoms with Gasteiger partial charge in [-0.1, -0.05) is 42.5 Å². The van der Waals surface area contributed by atoms with Gasteiger partial charge in [-0.3, -0.25) is 10.0 Å². The van der Waals surface area contributed by atoms with Crippen LogP contribution >= 0.6 is 0 Å². The van der Waals surface area contributed by atoms with Gasteiger partial charge in [0.05, 0.1) is 4.90 Å². The topological polar surface area (TPSA) is 86.7 Å². The van der Waals surface area contributed by atoms with Crippen molar-refractivity contribution in [1.82, 2.24) is 9.79 Å². The molecule has 0 aliphatic carbocycles. The smallest absolute Gasteiger partial charge is 0.261 e. The van der Waals surface area contributed by atoms with Gasteiger partial charge in [-0.05, 0) is 36.1 Å². The summed E-state index contributed by atoms with van der Waals surface area (Å²) < 4.78 is 26.7. The molecule has 1 aliphatic heterocycles. The quantitative estimate of drug-likeness (QED) is 0.655. The van der Waals surface area contributed by atoms with Crippen molar-refractivity contribution in [3.63, 3.8) is 0 Å². The fourth-order valence-corrected chi connectivity index (χ4v) is 4.61. The minimum atomic E-state index is -3.78. The average molecular weight is 346 g/mol. The van der Waals surface area contributed by atoms with Crippen molar-refractivity contribution in [2.45, 2.75) is 23.8 Å². The third-order valence-corrected chi connectivity index (χ3v) is 6.11. The number of carbonyl (C=O) groups excluding carboxylic acids is 1. The molecule has 1 amide bonds. The summed E-state index contributed by atoms with van der Waals surface area (Å²) >= 11 is 0. The van der Waals surface area contributed by atoms with Crippen molar-refractivity contribution in [3.05, 3.63) is 54.6 Å². The van der Waals surface area contributed by atoms with E-state index in [1.165, 1.54) is 0 Å². The summed E-state index contributed by atoms with van der Waals surface area (Å²) in [7, 11) is -3.78. The van der Waals surface area contributed by atoms with Crippen molar-refractivity contribution in [3.8, 4) is 11.1 Å². The number of hydroxylamine groups is 1. The molecule has 3 rings (SSSR count). The SMILES string of the molecule is O=C(NO)[C@H]1CCCN1S(=O)(=O)c1ccc(-c2ccccc2)cc1. The molecule has 2 aromatic rings. The lowest BCUT2D eigenvalue weighted by atomic mass is 10.1. The molecule has 6 nitrogen and oxygen atoms in total. The summed E-state index contributed by atoms with van der Waals surface area (Å²) in [4.78, 5) is 11.8. The number of nitrogens with one attached hydrogen (secondary N) is 1. The van der Waals surface area contributed by atoms with Crippen LogP contribution in [0.25, 0.3) is 11.1 Å². The van der Waals surface area contributed by atoms with Crippen LogP contribution in [-0.4, -0.2) is 36.4 Å². The van der Waals surface area contributed by atoms with Gasteiger partial charge < -0.3 is 0 Å². The molecule has 0 unspecified atom stereocenters. The van der Waals surface area contributed by atoms with Gasteiger partial charge in [0, 0.05) is 6.54 Å². The fraction of sp³-hybridized carbons (Fsp3) is 0.235. The molecule has 7 heteroatoms. The number of amides is 1. The Morgan fingerprint density at radius 2 is 1.67 bits per heavy atom. The van der Waals surface area contributed by atoms with Crippen molar-refractivity contribution in [2.24, 2.45) is 0 Å². The van der Waals surface area contributed by atoms with E-state index in [-0.39, 0.29) is 11.4 Å². The molecule has 1 saturated heterocycles. The largest absolute Gasteiger partial charge is 0.289 e. The number of sulfonamides is 1. The fourth-order valence-electron chi connectivity index (χ4n) is 2.95. The number of rotatable bonds is 4. The van der Waals surface area contributed by atoms with Crippen LogP contribution in [-0.2, 0) is 14.8 Å². The zero-order valence-electron chi connectivity index (χ0n) is 12.9. The van der Waals surface area contributed by atoms with Gasteiger partial charge in [0.1, 0.15) is 6.04 Å². The summed E-state index contributed by atoms with van der Waals surface area (Å²) in [5, 5.41) is 8.79. The van der Waals surface area contributed by atoms with E-state index in [0.29, 0.717) is 12.8 Å². The van der Waals surface area contributed by atoms with Gasteiger partial charge >= 0.3 is 0 Å². The zero-order valence-corrected chi connectivity index (χ0v) is 13.7. The van der Waals surface area contributed by atoms with E-state index in [4.69, 9.17) is 5.21 Å². The molecule has 1 aliphatic rings. The predicted molar refractivity (Wildman–Crippen MR) is 88.7 cm³/mol. The van der Waals surface area contributed by atoms with Gasteiger partial charge in [-0.15, -0.1) is 0 Å². The Morgan fingerprint density at radius 3 is 2.29 bits per heavy atom. The van der Waals surface area contributed by atoms with Crippen molar-refractivity contribution in [2.75, 3.05) is 6.54 Å². The molecule has 1 atom stereocenters. The summed E-state index contributed by atoms with van der Waals surface area (Å²) in [6.45, 7) is 0.265. The second-order valence-electron chi connectivity index (χ2n) is 5.64. The Balaban J connectivity index is 1.89. The monoisotopic (exact) mass is 346 g/mol. The van der Waals surface area contributed by atoms with Crippen LogP contribution in [0.3, 0.4) is 0 Å². The average Bonchev–Trinajstić information content (AvgIpc) is 3.12. The maximum absolute atomic E-state index is 12.8. The van der Waals surface area contributed by atoms with Crippen LogP contribution in [0.2, 0.25) is 0 Å². The minimum Gasteiger partial charge on any atom is -0.289 e. The number of benzene rings is 2. The predicted octanol–water partition coefficient (Wildman–Crippen LogP) is 2.01. The normalized spacial score (nSPS) is 18.5. The number of hydrogen-bond donors (Lipinski definition) is 2. The molecule has 0 radical (unpaired) electrons. The maximum Gasteiger partial charge on any atom is 0.261 e. The highest BCUT2D eigenvalue weighted by molar-refractivity contribution is 7.89. The lowest BCUT2D eigenvalue weighted by molar-refractivity contribution is -0.132. The van der Waals surface area contributed by atoms with E-state index in [1.54, 1.807) is 29.7 Å².